The second kappa shape index (κ2) is 8.51. The molecule has 2 aromatic rings. The first-order valence-corrected chi connectivity index (χ1v) is 8.43. The first-order valence-electron chi connectivity index (χ1n) is 8.43. The third kappa shape index (κ3) is 3.58. The summed E-state index contributed by atoms with van der Waals surface area (Å²) in [6, 6.07) is 15.9. The molecule has 0 radical (unpaired) electrons. The average Bonchev–Trinajstić information content (AvgIpc) is 2.67. The summed E-state index contributed by atoms with van der Waals surface area (Å²) in [5.74, 6) is -0.185. The maximum atomic E-state index is 9.78. The number of anilines is 2. The molecule has 0 spiro atoms. The summed E-state index contributed by atoms with van der Waals surface area (Å²) < 4.78 is 0. The van der Waals surface area contributed by atoms with Crippen LogP contribution in [0.3, 0.4) is 0 Å². The van der Waals surface area contributed by atoms with Gasteiger partial charge in [0.05, 0.1) is 12.0 Å². The van der Waals surface area contributed by atoms with Gasteiger partial charge in [-0.3, -0.25) is 0 Å². The molecule has 26 heavy (non-hydrogen) atoms. The Balaban J connectivity index is 2.70. The van der Waals surface area contributed by atoms with Crippen molar-refractivity contribution in [2.75, 3.05) is 23.7 Å². The van der Waals surface area contributed by atoms with E-state index in [0.29, 0.717) is 30.9 Å². The molecule has 6 nitrogen and oxygen atoms in total. The van der Waals surface area contributed by atoms with Gasteiger partial charge in [0.2, 0.25) is 0 Å². The highest BCUT2D eigenvalue weighted by Crippen LogP contribution is 2.34. The van der Waals surface area contributed by atoms with Crippen molar-refractivity contribution in [1.29, 1.82) is 15.8 Å². The molecular formula is C20H20N6. The van der Waals surface area contributed by atoms with Crippen LogP contribution >= 0.6 is 0 Å². The maximum absolute atomic E-state index is 9.78. The van der Waals surface area contributed by atoms with Crippen molar-refractivity contribution >= 4 is 11.6 Å². The van der Waals surface area contributed by atoms with Gasteiger partial charge in [0, 0.05) is 18.7 Å². The number of hydrogen-bond acceptors (Lipinski definition) is 6. The molecule has 1 aromatic carbocycles. The molecule has 0 aliphatic rings. The van der Waals surface area contributed by atoms with Gasteiger partial charge in [0.25, 0.3) is 0 Å². The van der Waals surface area contributed by atoms with Crippen LogP contribution in [0.4, 0.5) is 11.6 Å². The Morgan fingerprint density at radius 3 is 2.15 bits per heavy atom. The molecule has 1 heterocycles. The van der Waals surface area contributed by atoms with Crippen molar-refractivity contribution in [2.45, 2.75) is 26.2 Å². The van der Waals surface area contributed by atoms with Gasteiger partial charge in [-0.2, -0.15) is 15.8 Å². The molecule has 0 aliphatic heterocycles. The molecule has 2 rings (SSSR count). The fourth-order valence-electron chi connectivity index (χ4n) is 3.00. The Kier molecular flexibility index (Phi) is 6.15. The van der Waals surface area contributed by atoms with Crippen molar-refractivity contribution in [3.05, 3.63) is 52.6 Å². The number of nitrogens with two attached hydrogens (primary N) is 1. The minimum absolute atomic E-state index is 0.0525. The SMILES string of the molecule is CCN(CC)c1nc(N)c(C#N)c([C@@H](C#N)Cc2ccccc2)c1C#N. The van der Waals surface area contributed by atoms with E-state index in [1.807, 2.05) is 55.1 Å². The fraction of sp³-hybridized carbons (Fsp3) is 0.300. The number of rotatable bonds is 6. The van der Waals surface area contributed by atoms with Gasteiger partial charge in [-0.1, -0.05) is 30.3 Å². The summed E-state index contributed by atoms with van der Waals surface area (Å²) in [6.07, 6.45) is 0.391. The van der Waals surface area contributed by atoms with E-state index < -0.39 is 5.92 Å². The van der Waals surface area contributed by atoms with Crippen LogP contribution < -0.4 is 10.6 Å². The molecule has 1 aromatic heterocycles. The van der Waals surface area contributed by atoms with Crippen LogP contribution in [0.2, 0.25) is 0 Å². The average molecular weight is 344 g/mol. The number of nitriles is 3. The fourth-order valence-corrected chi connectivity index (χ4v) is 3.00. The predicted molar refractivity (Wildman–Crippen MR) is 100 cm³/mol. The van der Waals surface area contributed by atoms with Crippen LogP contribution in [0, 0.1) is 34.0 Å². The second-order valence-electron chi connectivity index (χ2n) is 5.75. The summed E-state index contributed by atoms with van der Waals surface area (Å²) in [4.78, 5) is 6.19. The number of hydrogen-bond donors (Lipinski definition) is 1. The molecule has 0 bridgehead atoms. The van der Waals surface area contributed by atoms with E-state index in [-0.39, 0.29) is 16.9 Å². The second-order valence-corrected chi connectivity index (χ2v) is 5.75. The monoisotopic (exact) mass is 344 g/mol. The topological polar surface area (TPSA) is 114 Å². The van der Waals surface area contributed by atoms with Crippen LogP contribution in [-0.4, -0.2) is 18.1 Å². The normalized spacial score (nSPS) is 11.0. The molecule has 6 heteroatoms. The highest BCUT2D eigenvalue weighted by atomic mass is 15.2. The van der Waals surface area contributed by atoms with Crippen LogP contribution in [0.15, 0.2) is 30.3 Å². The summed E-state index contributed by atoms with van der Waals surface area (Å²) in [7, 11) is 0. The van der Waals surface area contributed by atoms with Gasteiger partial charge in [-0.25, -0.2) is 4.98 Å². The first kappa shape index (κ1) is 18.8. The smallest absolute Gasteiger partial charge is 0.149 e. The zero-order valence-electron chi connectivity index (χ0n) is 14.9. The molecule has 0 saturated carbocycles. The number of pyridine rings is 1. The van der Waals surface area contributed by atoms with E-state index in [4.69, 9.17) is 5.73 Å². The van der Waals surface area contributed by atoms with Crippen LogP contribution in [0.25, 0.3) is 0 Å². The van der Waals surface area contributed by atoms with E-state index in [9.17, 15) is 15.8 Å². The van der Waals surface area contributed by atoms with Crippen molar-refractivity contribution in [1.82, 2.24) is 4.98 Å². The molecule has 0 fully saturated rings. The summed E-state index contributed by atoms with van der Waals surface area (Å²) in [6.45, 7) is 5.18. The van der Waals surface area contributed by atoms with E-state index in [1.54, 1.807) is 0 Å². The van der Waals surface area contributed by atoms with E-state index in [0.717, 1.165) is 5.56 Å². The lowest BCUT2D eigenvalue weighted by Crippen LogP contribution is -2.26. The third-order valence-electron chi connectivity index (χ3n) is 4.32. The maximum Gasteiger partial charge on any atom is 0.149 e. The predicted octanol–water partition coefficient (Wildman–Crippen LogP) is 3.10. The van der Waals surface area contributed by atoms with Gasteiger partial charge in [0.15, 0.2) is 0 Å². The molecule has 2 N–H and O–H groups in total. The molecule has 130 valence electrons. The molecule has 0 amide bonds. The minimum atomic E-state index is -0.665. The molecule has 1 atom stereocenters. The minimum Gasteiger partial charge on any atom is -0.383 e. The Bertz CT molecular complexity index is 895. The van der Waals surface area contributed by atoms with Gasteiger partial charge in [-0.05, 0) is 25.8 Å². The number of aromatic nitrogens is 1. The van der Waals surface area contributed by atoms with E-state index >= 15 is 0 Å². The molecular weight excluding hydrogens is 324 g/mol. The lowest BCUT2D eigenvalue weighted by molar-refractivity contribution is 0.816. The lowest BCUT2D eigenvalue weighted by Gasteiger charge is -2.24. The Hall–Kier alpha value is -3.56. The van der Waals surface area contributed by atoms with Crippen molar-refractivity contribution in [3.8, 4) is 18.2 Å². The number of nitrogen functional groups attached to an aromatic ring is 1. The Labute approximate surface area is 153 Å². The first-order chi connectivity index (χ1) is 12.6. The highest BCUT2D eigenvalue weighted by Gasteiger charge is 2.27. The highest BCUT2D eigenvalue weighted by molar-refractivity contribution is 5.70. The largest absolute Gasteiger partial charge is 0.383 e. The lowest BCUT2D eigenvalue weighted by atomic mass is 9.87. The summed E-state index contributed by atoms with van der Waals surface area (Å²) >= 11 is 0. The third-order valence-corrected chi connectivity index (χ3v) is 4.32. The van der Waals surface area contributed by atoms with Crippen molar-refractivity contribution in [3.63, 3.8) is 0 Å². The summed E-state index contributed by atoms with van der Waals surface area (Å²) in [5.41, 5.74) is 7.69. The van der Waals surface area contributed by atoms with Gasteiger partial charge in [-0.15, -0.1) is 0 Å². The van der Waals surface area contributed by atoms with Gasteiger partial charge in [0.1, 0.15) is 34.9 Å². The van der Waals surface area contributed by atoms with Crippen molar-refractivity contribution < 1.29 is 0 Å². The van der Waals surface area contributed by atoms with Crippen molar-refractivity contribution in [2.24, 2.45) is 0 Å². The van der Waals surface area contributed by atoms with Gasteiger partial charge < -0.3 is 10.6 Å². The van der Waals surface area contributed by atoms with E-state index in [1.165, 1.54) is 0 Å². The zero-order valence-corrected chi connectivity index (χ0v) is 14.9. The molecule has 0 saturated heterocycles. The Morgan fingerprint density at radius 2 is 1.65 bits per heavy atom. The van der Waals surface area contributed by atoms with Crippen LogP contribution in [-0.2, 0) is 6.42 Å². The van der Waals surface area contributed by atoms with Gasteiger partial charge >= 0.3 is 0 Å². The van der Waals surface area contributed by atoms with E-state index in [2.05, 4.69) is 17.1 Å². The number of nitrogens with zero attached hydrogens (tertiary/aromatic N) is 5. The Morgan fingerprint density at radius 1 is 1.04 bits per heavy atom. The number of benzene rings is 1. The van der Waals surface area contributed by atoms with Crippen LogP contribution in [0.5, 0.6) is 0 Å². The molecule has 0 unspecified atom stereocenters. The van der Waals surface area contributed by atoms with Crippen LogP contribution in [0.1, 0.15) is 42.0 Å². The standard InChI is InChI=1S/C20H20N6/c1-3-26(4-2)20-17(13-23)18(16(12-22)19(24)25-20)15(11-21)10-14-8-6-5-7-9-14/h5-9,15H,3-4,10H2,1-2H3,(H2,24,25)/t15-/m1/s1. The zero-order chi connectivity index (χ0) is 19.1. The quantitative estimate of drug-likeness (QED) is 0.861. The molecule has 0 aliphatic carbocycles. The summed E-state index contributed by atoms with van der Waals surface area (Å²) in [5, 5.41) is 29.1.